The molecule has 3 amide bonds. The monoisotopic (exact) mass is 541 g/mol. The average Bonchev–Trinajstić information content (AvgIpc) is 2.89. The van der Waals surface area contributed by atoms with Gasteiger partial charge in [0.05, 0.1) is 23.6 Å². The Morgan fingerprint density at radius 1 is 1.18 bits per heavy atom. The van der Waals surface area contributed by atoms with Crippen molar-refractivity contribution in [2.75, 3.05) is 13.7 Å². The van der Waals surface area contributed by atoms with Crippen molar-refractivity contribution >= 4 is 23.4 Å². The molecule has 39 heavy (non-hydrogen) atoms. The largest absolute Gasteiger partial charge is 0.450 e. The van der Waals surface area contributed by atoms with Gasteiger partial charge in [0.1, 0.15) is 17.8 Å². The van der Waals surface area contributed by atoms with Crippen molar-refractivity contribution in [2.45, 2.75) is 57.8 Å². The molecule has 4 rings (SSSR count). The van der Waals surface area contributed by atoms with Crippen molar-refractivity contribution in [3.8, 4) is 11.5 Å². The van der Waals surface area contributed by atoms with Gasteiger partial charge < -0.3 is 31.1 Å². The van der Waals surface area contributed by atoms with Crippen molar-refractivity contribution in [3.05, 3.63) is 63.7 Å². The van der Waals surface area contributed by atoms with E-state index < -0.39 is 53.4 Å². The number of nitro groups is 1. The molecule has 0 aliphatic carbocycles. The fraction of sp³-hybridized carbons (Fsp3) is 0.444. The number of aliphatic hydroxyl groups excluding tert-OH is 1. The van der Waals surface area contributed by atoms with Crippen LogP contribution >= 0.6 is 0 Å². The summed E-state index contributed by atoms with van der Waals surface area (Å²) in [6.07, 6.45) is 0.454. The number of likely N-dealkylation sites (N-methyl/N-ethyl adjacent to an activating group) is 1. The smallest absolute Gasteiger partial charge is 0.311 e. The predicted molar refractivity (Wildman–Crippen MR) is 143 cm³/mol. The summed E-state index contributed by atoms with van der Waals surface area (Å²) in [5.74, 6) is -1.13. The van der Waals surface area contributed by atoms with E-state index in [1.807, 2.05) is 13.8 Å². The summed E-state index contributed by atoms with van der Waals surface area (Å²) in [5.41, 5.74) is 0.600. The maximum absolute atomic E-state index is 13.3. The molecule has 4 atom stereocenters. The molecule has 4 bridgehead atoms. The number of nitro benzene ring substituents is 1. The Morgan fingerprint density at radius 3 is 2.56 bits per heavy atom. The molecular formula is C27H35N5O7. The van der Waals surface area contributed by atoms with E-state index in [0.29, 0.717) is 17.5 Å². The van der Waals surface area contributed by atoms with Crippen LogP contribution in [0.3, 0.4) is 0 Å². The number of carbonyl (C=O) groups is 3. The molecule has 0 saturated heterocycles. The van der Waals surface area contributed by atoms with Crippen molar-refractivity contribution in [1.82, 2.24) is 21.3 Å². The third kappa shape index (κ3) is 7.74. The summed E-state index contributed by atoms with van der Waals surface area (Å²) in [6.45, 7) is 4.98. The van der Waals surface area contributed by atoms with Crippen LogP contribution in [0, 0.1) is 16.0 Å². The number of amides is 3. The first-order chi connectivity index (χ1) is 18.5. The zero-order valence-corrected chi connectivity index (χ0v) is 22.4. The van der Waals surface area contributed by atoms with E-state index in [2.05, 4.69) is 21.3 Å². The molecule has 2 aliphatic rings. The van der Waals surface area contributed by atoms with Crippen molar-refractivity contribution < 1.29 is 29.2 Å². The van der Waals surface area contributed by atoms with Crippen LogP contribution in [0.2, 0.25) is 0 Å². The second kappa shape index (κ2) is 13.2. The van der Waals surface area contributed by atoms with Gasteiger partial charge in [-0.05, 0) is 55.6 Å². The minimum Gasteiger partial charge on any atom is -0.450 e. The van der Waals surface area contributed by atoms with Gasteiger partial charge in [-0.15, -0.1) is 0 Å². The summed E-state index contributed by atoms with van der Waals surface area (Å²) in [7, 11) is 1.65. The molecule has 2 aromatic rings. The van der Waals surface area contributed by atoms with E-state index in [1.54, 1.807) is 37.4 Å². The normalized spacial score (nSPS) is 20.5. The summed E-state index contributed by atoms with van der Waals surface area (Å²) in [5, 5.41) is 32.8. The molecule has 0 saturated carbocycles. The minimum absolute atomic E-state index is 0.0246. The molecule has 0 spiro atoms. The van der Waals surface area contributed by atoms with E-state index in [4.69, 9.17) is 4.74 Å². The summed E-state index contributed by atoms with van der Waals surface area (Å²) in [4.78, 5) is 50.6. The van der Waals surface area contributed by atoms with Gasteiger partial charge in [0.15, 0.2) is 0 Å². The van der Waals surface area contributed by atoms with E-state index >= 15 is 0 Å². The molecule has 12 heteroatoms. The number of carbonyl (C=O) groups excluding carboxylic acids is 3. The van der Waals surface area contributed by atoms with Crippen molar-refractivity contribution in [1.29, 1.82) is 0 Å². The van der Waals surface area contributed by atoms with Crippen LogP contribution in [-0.2, 0) is 20.8 Å². The van der Waals surface area contributed by atoms with Gasteiger partial charge in [-0.1, -0.05) is 32.0 Å². The van der Waals surface area contributed by atoms with Crippen LogP contribution in [0.5, 0.6) is 11.5 Å². The highest BCUT2D eigenvalue weighted by Gasteiger charge is 2.30. The molecule has 210 valence electrons. The number of fused-ring (bicyclic) bond motifs is 9. The maximum atomic E-state index is 13.3. The van der Waals surface area contributed by atoms with Crippen LogP contribution in [0.1, 0.15) is 44.4 Å². The molecule has 2 heterocycles. The van der Waals surface area contributed by atoms with Crippen molar-refractivity contribution in [2.24, 2.45) is 5.92 Å². The summed E-state index contributed by atoms with van der Waals surface area (Å²) >= 11 is 0. The first-order valence-electron chi connectivity index (χ1n) is 12.8. The van der Waals surface area contributed by atoms with Gasteiger partial charge >= 0.3 is 5.69 Å². The molecule has 12 nitrogen and oxygen atoms in total. The highest BCUT2D eigenvalue weighted by Crippen LogP contribution is 2.33. The molecular weight excluding hydrogens is 506 g/mol. The van der Waals surface area contributed by atoms with Gasteiger partial charge in [0.25, 0.3) is 0 Å². The number of nitrogens with one attached hydrogen (secondary N) is 4. The standard InChI is InChI=1S/C27H35N5O7/c1-15(2)10-20(28-4)26(35)30-21-11-17-8-9-24(23(12-17)32(37)38)39-19-7-5-6-18(13-19)22(14-33)31-25(34)16(3)29-27(21)36/h5-9,12-13,15-16,20-22,28,33H,10-11,14H2,1-4H3,(H,29,36)(H,30,35)(H,31,34)/t16-,20+,21+,22-/m0/s1. The van der Waals surface area contributed by atoms with Crippen LogP contribution in [0.4, 0.5) is 5.69 Å². The number of rotatable bonds is 7. The fourth-order valence-corrected chi connectivity index (χ4v) is 4.30. The Kier molecular flexibility index (Phi) is 9.96. The molecule has 0 unspecified atom stereocenters. The third-order valence-electron chi connectivity index (χ3n) is 6.40. The molecule has 2 aliphatic heterocycles. The first-order valence-corrected chi connectivity index (χ1v) is 12.8. The quantitative estimate of drug-likeness (QED) is 0.260. The summed E-state index contributed by atoms with van der Waals surface area (Å²) < 4.78 is 5.81. The van der Waals surface area contributed by atoms with Gasteiger partial charge in [-0.2, -0.15) is 0 Å². The zero-order valence-electron chi connectivity index (χ0n) is 22.4. The SMILES string of the molecule is CN[C@H](CC(C)C)C(=O)N[C@@H]1Cc2ccc(c([N+](=O)[O-])c2)Oc2cccc(c2)[C@H](CO)NC(=O)[C@H](C)NC1=O. The Labute approximate surface area is 226 Å². The van der Waals surface area contributed by atoms with Gasteiger partial charge in [-0.25, -0.2) is 0 Å². The third-order valence-corrected chi connectivity index (χ3v) is 6.40. The number of aliphatic hydroxyl groups is 1. The number of ether oxygens (including phenoxy) is 1. The second-order valence-electron chi connectivity index (χ2n) is 9.94. The Balaban J connectivity index is 2.04. The topological polar surface area (TPSA) is 172 Å². The maximum Gasteiger partial charge on any atom is 0.311 e. The molecule has 0 aromatic heterocycles. The average molecular weight is 542 g/mol. The van der Waals surface area contributed by atoms with Crippen LogP contribution in [0.15, 0.2) is 42.5 Å². The van der Waals surface area contributed by atoms with Gasteiger partial charge in [-0.3, -0.25) is 24.5 Å². The van der Waals surface area contributed by atoms with E-state index in [9.17, 15) is 29.6 Å². The van der Waals surface area contributed by atoms with E-state index in [-0.39, 0.29) is 29.5 Å². The minimum atomic E-state index is -1.13. The van der Waals surface area contributed by atoms with Gasteiger partial charge in [0.2, 0.25) is 23.5 Å². The fourth-order valence-electron chi connectivity index (χ4n) is 4.30. The summed E-state index contributed by atoms with van der Waals surface area (Å²) in [6, 6.07) is 7.26. The number of benzene rings is 2. The predicted octanol–water partition coefficient (Wildman–Crippen LogP) is 1.72. The van der Waals surface area contributed by atoms with E-state index in [1.165, 1.54) is 19.1 Å². The lowest BCUT2D eigenvalue weighted by molar-refractivity contribution is -0.385. The van der Waals surface area contributed by atoms with E-state index in [0.717, 1.165) is 0 Å². The van der Waals surface area contributed by atoms with Crippen LogP contribution in [-0.4, -0.2) is 59.5 Å². The Hall–Kier alpha value is -4.03. The van der Waals surface area contributed by atoms with Crippen LogP contribution < -0.4 is 26.0 Å². The lowest BCUT2D eigenvalue weighted by atomic mass is 10.0. The molecule has 2 aromatic carbocycles. The Morgan fingerprint density at radius 2 is 1.92 bits per heavy atom. The Bertz CT molecular complexity index is 1220. The molecule has 5 N–H and O–H groups in total. The van der Waals surface area contributed by atoms with Gasteiger partial charge in [0, 0.05) is 12.5 Å². The highest BCUT2D eigenvalue weighted by atomic mass is 16.6. The lowest BCUT2D eigenvalue weighted by Gasteiger charge is -2.25. The number of nitrogens with zero attached hydrogens (tertiary/aromatic N) is 1. The number of hydrogen-bond acceptors (Lipinski definition) is 8. The molecule has 0 radical (unpaired) electrons. The lowest BCUT2D eigenvalue weighted by Crippen LogP contribution is -2.56. The van der Waals surface area contributed by atoms with Crippen molar-refractivity contribution in [3.63, 3.8) is 0 Å². The first kappa shape index (κ1) is 29.5. The number of hydrogen-bond donors (Lipinski definition) is 5. The van der Waals surface area contributed by atoms with Crippen LogP contribution in [0.25, 0.3) is 0 Å². The molecule has 0 fully saturated rings. The zero-order chi connectivity index (χ0) is 28.7. The highest BCUT2D eigenvalue weighted by molar-refractivity contribution is 5.93. The second-order valence-corrected chi connectivity index (χ2v) is 9.94.